The molecule has 0 aromatic heterocycles. The van der Waals surface area contributed by atoms with Gasteiger partial charge in [-0.3, -0.25) is 0 Å². The quantitative estimate of drug-likeness (QED) is 0.471. The number of unbranched alkanes of at least 4 members (excludes halogenated alkanes) is 4. The van der Waals surface area contributed by atoms with Gasteiger partial charge < -0.3 is 0 Å². The number of hydrogen-bond acceptors (Lipinski definition) is 0. The van der Waals surface area contributed by atoms with Gasteiger partial charge in [0.15, 0.2) is 0 Å². The molecule has 0 unspecified atom stereocenters. The van der Waals surface area contributed by atoms with Gasteiger partial charge in [-0.05, 0) is 54.8 Å². The molecule has 1 heteroatoms. The van der Waals surface area contributed by atoms with Crippen molar-refractivity contribution in [2.45, 2.75) is 45.4 Å². The van der Waals surface area contributed by atoms with E-state index in [0.29, 0.717) is 0 Å². The fourth-order valence-corrected chi connectivity index (χ4v) is 2.41. The third-order valence-corrected chi connectivity index (χ3v) is 3.69. The molecule has 0 atom stereocenters. The summed E-state index contributed by atoms with van der Waals surface area (Å²) in [5.74, 6) is 6.02. The van der Waals surface area contributed by atoms with Crippen LogP contribution in [-0.4, -0.2) is 0 Å². The second kappa shape index (κ2) is 9.05. The predicted molar refractivity (Wildman–Crippen MR) is 91.3 cm³/mol. The van der Waals surface area contributed by atoms with Gasteiger partial charge in [-0.1, -0.05) is 56.6 Å². The van der Waals surface area contributed by atoms with Crippen LogP contribution < -0.4 is 0 Å². The minimum Gasteiger partial charge on any atom is -0.207 e. The molecule has 2 rings (SSSR count). The minimum absolute atomic E-state index is 0.226. The van der Waals surface area contributed by atoms with E-state index in [2.05, 4.69) is 37.0 Å². The van der Waals surface area contributed by atoms with Crippen LogP contribution in [0.3, 0.4) is 0 Å². The third kappa shape index (κ3) is 5.74. The average molecular weight is 294 g/mol. The maximum atomic E-state index is 12.9. The highest BCUT2D eigenvalue weighted by molar-refractivity contribution is 5.43. The van der Waals surface area contributed by atoms with Crippen LogP contribution in [0.4, 0.5) is 4.39 Å². The van der Waals surface area contributed by atoms with E-state index in [1.807, 2.05) is 6.07 Å². The smallest absolute Gasteiger partial charge is 0.123 e. The van der Waals surface area contributed by atoms with Gasteiger partial charge in [0.05, 0.1) is 0 Å². The summed E-state index contributed by atoms with van der Waals surface area (Å²) in [5, 5.41) is 0. The molecule has 0 nitrogen and oxygen atoms in total. The Morgan fingerprint density at radius 1 is 0.818 bits per heavy atom. The predicted octanol–water partition coefficient (Wildman–Crippen LogP) is 5.74. The summed E-state index contributed by atoms with van der Waals surface area (Å²) in [7, 11) is 0. The van der Waals surface area contributed by atoms with Gasteiger partial charge in [0.2, 0.25) is 0 Å². The fourth-order valence-electron chi connectivity index (χ4n) is 2.41. The highest BCUT2D eigenvalue weighted by atomic mass is 19.1. The standard InChI is InChI=1S/C21H23F/c1-2-3-4-5-6-8-19-9-7-10-20(17-19)12-11-18-13-15-21(22)16-14-18/h7,9-10,13-17H,2-6,8H2,1H3. The Morgan fingerprint density at radius 3 is 2.32 bits per heavy atom. The Labute approximate surface area is 133 Å². The topological polar surface area (TPSA) is 0 Å². The Hall–Kier alpha value is -2.07. The van der Waals surface area contributed by atoms with Gasteiger partial charge >= 0.3 is 0 Å². The maximum Gasteiger partial charge on any atom is 0.123 e. The molecule has 0 aliphatic heterocycles. The normalized spacial score (nSPS) is 10.1. The van der Waals surface area contributed by atoms with E-state index in [1.165, 1.54) is 49.8 Å². The van der Waals surface area contributed by atoms with Crippen LogP contribution in [0.25, 0.3) is 0 Å². The Morgan fingerprint density at radius 2 is 1.55 bits per heavy atom. The lowest BCUT2D eigenvalue weighted by molar-refractivity contribution is 0.627. The first-order chi connectivity index (χ1) is 10.8. The summed E-state index contributed by atoms with van der Waals surface area (Å²) in [5.41, 5.74) is 3.21. The van der Waals surface area contributed by atoms with Crippen molar-refractivity contribution >= 4 is 0 Å². The summed E-state index contributed by atoms with van der Waals surface area (Å²) in [6.07, 6.45) is 7.63. The summed E-state index contributed by atoms with van der Waals surface area (Å²) >= 11 is 0. The molecule has 0 amide bonds. The fraction of sp³-hybridized carbons (Fsp3) is 0.333. The van der Waals surface area contributed by atoms with Gasteiger partial charge in [0, 0.05) is 11.1 Å². The SMILES string of the molecule is CCCCCCCc1cccc(C#Cc2ccc(F)cc2)c1. The van der Waals surface area contributed by atoms with Gasteiger partial charge in [-0.15, -0.1) is 0 Å². The molecule has 0 radical (unpaired) electrons. The third-order valence-electron chi connectivity index (χ3n) is 3.69. The van der Waals surface area contributed by atoms with Crippen LogP contribution in [0, 0.1) is 17.7 Å². The number of rotatable bonds is 6. The van der Waals surface area contributed by atoms with Crippen molar-refractivity contribution in [3.05, 3.63) is 71.0 Å². The first-order valence-corrected chi connectivity index (χ1v) is 8.14. The molecule has 2 aromatic carbocycles. The zero-order valence-corrected chi connectivity index (χ0v) is 13.2. The molecule has 0 N–H and O–H groups in total. The Kier molecular flexibility index (Phi) is 6.71. The van der Waals surface area contributed by atoms with Crippen LogP contribution in [0.1, 0.15) is 55.7 Å². The first kappa shape index (κ1) is 16.3. The maximum absolute atomic E-state index is 12.9. The van der Waals surface area contributed by atoms with E-state index in [0.717, 1.165) is 17.5 Å². The molecule has 0 heterocycles. The molecule has 0 aliphatic carbocycles. The molecule has 0 aliphatic rings. The molecule has 114 valence electrons. The van der Waals surface area contributed by atoms with Gasteiger partial charge in [0.25, 0.3) is 0 Å². The van der Waals surface area contributed by atoms with E-state index in [4.69, 9.17) is 0 Å². The Bertz CT molecular complexity index is 629. The molecular weight excluding hydrogens is 271 g/mol. The lowest BCUT2D eigenvalue weighted by Crippen LogP contribution is -1.87. The van der Waals surface area contributed by atoms with Crippen molar-refractivity contribution in [3.63, 3.8) is 0 Å². The number of hydrogen-bond donors (Lipinski definition) is 0. The lowest BCUT2D eigenvalue weighted by Gasteiger charge is -2.02. The zero-order valence-electron chi connectivity index (χ0n) is 13.2. The largest absolute Gasteiger partial charge is 0.207 e. The molecule has 0 saturated heterocycles. The molecule has 22 heavy (non-hydrogen) atoms. The van der Waals surface area contributed by atoms with Crippen LogP contribution in [0.2, 0.25) is 0 Å². The Balaban J connectivity index is 1.92. The van der Waals surface area contributed by atoms with Crippen molar-refractivity contribution in [3.8, 4) is 11.8 Å². The summed E-state index contributed by atoms with van der Waals surface area (Å²) in [6.45, 7) is 2.24. The second-order valence-electron chi connectivity index (χ2n) is 5.62. The number of aryl methyl sites for hydroxylation is 1. The molecule has 2 aromatic rings. The summed E-state index contributed by atoms with van der Waals surface area (Å²) < 4.78 is 12.9. The van der Waals surface area contributed by atoms with Gasteiger partial charge in [-0.25, -0.2) is 4.39 Å². The summed E-state index contributed by atoms with van der Waals surface area (Å²) in [6, 6.07) is 14.7. The molecule has 0 saturated carbocycles. The highest BCUT2D eigenvalue weighted by Gasteiger charge is 1.95. The van der Waals surface area contributed by atoms with Gasteiger partial charge in [0.1, 0.15) is 5.82 Å². The monoisotopic (exact) mass is 294 g/mol. The van der Waals surface area contributed by atoms with E-state index in [9.17, 15) is 4.39 Å². The van der Waals surface area contributed by atoms with Crippen molar-refractivity contribution in [2.75, 3.05) is 0 Å². The molecular formula is C21H23F. The second-order valence-corrected chi connectivity index (χ2v) is 5.62. The van der Waals surface area contributed by atoms with Crippen LogP contribution in [0.15, 0.2) is 48.5 Å². The van der Waals surface area contributed by atoms with E-state index < -0.39 is 0 Å². The van der Waals surface area contributed by atoms with E-state index >= 15 is 0 Å². The van der Waals surface area contributed by atoms with Crippen molar-refractivity contribution in [1.82, 2.24) is 0 Å². The highest BCUT2D eigenvalue weighted by Crippen LogP contribution is 2.11. The average Bonchev–Trinajstić information content (AvgIpc) is 2.55. The summed E-state index contributed by atoms with van der Waals surface area (Å²) in [4.78, 5) is 0. The minimum atomic E-state index is -0.226. The molecule has 0 bridgehead atoms. The zero-order chi connectivity index (χ0) is 15.6. The van der Waals surface area contributed by atoms with Crippen LogP contribution in [0.5, 0.6) is 0 Å². The lowest BCUT2D eigenvalue weighted by atomic mass is 10.0. The number of halogens is 1. The van der Waals surface area contributed by atoms with E-state index in [1.54, 1.807) is 12.1 Å². The van der Waals surface area contributed by atoms with Crippen molar-refractivity contribution < 1.29 is 4.39 Å². The van der Waals surface area contributed by atoms with Gasteiger partial charge in [-0.2, -0.15) is 0 Å². The van der Waals surface area contributed by atoms with Crippen LogP contribution >= 0.6 is 0 Å². The van der Waals surface area contributed by atoms with E-state index in [-0.39, 0.29) is 5.82 Å². The first-order valence-electron chi connectivity index (χ1n) is 8.14. The number of benzene rings is 2. The van der Waals surface area contributed by atoms with Crippen molar-refractivity contribution in [2.24, 2.45) is 0 Å². The van der Waals surface area contributed by atoms with Crippen molar-refractivity contribution in [1.29, 1.82) is 0 Å². The molecule has 0 fully saturated rings. The molecule has 0 spiro atoms. The van der Waals surface area contributed by atoms with Crippen LogP contribution in [-0.2, 0) is 6.42 Å².